The summed E-state index contributed by atoms with van der Waals surface area (Å²) >= 11 is 0. The molecule has 0 aromatic rings. The van der Waals surface area contributed by atoms with Crippen molar-refractivity contribution in [3.05, 3.63) is 12.7 Å². The van der Waals surface area contributed by atoms with Crippen LogP contribution in [0.15, 0.2) is 12.7 Å². The lowest BCUT2D eigenvalue weighted by Gasteiger charge is -2.38. The van der Waals surface area contributed by atoms with Crippen molar-refractivity contribution in [1.29, 1.82) is 0 Å². The van der Waals surface area contributed by atoms with Crippen LogP contribution in [0.3, 0.4) is 0 Å². The third kappa shape index (κ3) is 2.08. The van der Waals surface area contributed by atoms with Gasteiger partial charge in [0.2, 0.25) is 0 Å². The third-order valence-corrected chi connectivity index (χ3v) is 2.77. The van der Waals surface area contributed by atoms with E-state index in [2.05, 4.69) is 25.3 Å². The van der Waals surface area contributed by atoms with Crippen LogP contribution >= 0.6 is 0 Å². The number of rotatable bonds is 2. The molecule has 0 saturated carbocycles. The van der Waals surface area contributed by atoms with E-state index in [4.69, 9.17) is 0 Å². The largest absolute Gasteiger partial charge is 0.386 e. The van der Waals surface area contributed by atoms with Crippen molar-refractivity contribution in [1.82, 2.24) is 4.90 Å². The van der Waals surface area contributed by atoms with Crippen molar-refractivity contribution in [2.24, 2.45) is 0 Å². The lowest BCUT2D eigenvalue weighted by molar-refractivity contribution is 0.0106. The van der Waals surface area contributed by atoms with Crippen molar-refractivity contribution < 1.29 is 5.11 Å². The number of piperidine rings is 1. The van der Waals surface area contributed by atoms with Gasteiger partial charge in [-0.3, -0.25) is 0 Å². The van der Waals surface area contributed by atoms with E-state index < -0.39 is 5.60 Å². The topological polar surface area (TPSA) is 23.5 Å². The van der Waals surface area contributed by atoms with Gasteiger partial charge in [0.15, 0.2) is 0 Å². The second-order valence-corrected chi connectivity index (χ2v) is 3.94. The van der Waals surface area contributed by atoms with E-state index in [9.17, 15) is 5.11 Å². The Labute approximate surface area is 74.9 Å². The van der Waals surface area contributed by atoms with Gasteiger partial charge in [-0.25, -0.2) is 0 Å². The average molecular weight is 169 g/mol. The highest BCUT2D eigenvalue weighted by molar-refractivity contribution is 4.99. The van der Waals surface area contributed by atoms with Crippen molar-refractivity contribution in [2.45, 2.75) is 38.3 Å². The number of hydrogen-bond donors (Lipinski definition) is 1. The van der Waals surface area contributed by atoms with E-state index in [0.29, 0.717) is 6.04 Å². The Morgan fingerprint density at radius 1 is 1.42 bits per heavy atom. The smallest absolute Gasteiger partial charge is 0.0849 e. The molecule has 1 heterocycles. The van der Waals surface area contributed by atoms with Gasteiger partial charge in [0.1, 0.15) is 0 Å². The zero-order valence-corrected chi connectivity index (χ0v) is 8.08. The molecular formula is C10H19NO. The maximum absolute atomic E-state index is 9.83. The molecule has 0 bridgehead atoms. The standard InChI is InChI=1S/C10H19NO/c1-4-10(12)5-7-11(8-6-10)9(2)3/h4,9,12H,1,5-8H2,2-3H3. The minimum atomic E-state index is -0.592. The second kappa shape index (κ2) is 3.58. The monoisotopic (exact) mass is 169 g/mol. The van der Waals surface area contributed by atoms with Crippen molar-refractivity contribution in [2.75, 3.05) is 13.1 Å². The van der Waals surface area contributed by atoms with E-state index >= 15 is 0 Å². The minimum absolute atomic E-state index is 0.592. The summed E-state index contributed by atoms with van der Waals surface area (Å²) in [6, 6.07) is 0.597. The quantitative estimate of drug-likeness (QED) is 0.632. The summed E-state index contributed by atoms with van der Waals surface area (Å²) in [5, 5.41) is 9.83. The lowest BCUT2D eigenvalue weighted by Crippen LogP contribution is -2.45. The van der Waals surface area contributed by atoms with E-state index in [1.807, 2.05) is 0 Å². The molecule has 0 unspecified atom stereocenters. The molecule has 1 aliphatic heterocycles. The van der Waals surface area contributed by atoms with Gasteiger partial charge in [0.25, 0.3) is 0 Å². The van der Waals surface area contributed by atoms with Crippen LogP contribution < -0.4 is 0 Å². The van der Waals surface area contributed by atoms with Crippen molar-refractivity contribution >= 4 is 0 Å². The molecule has 1 rings (SSSR count). The molecule has 0 aromatic heterocycles. The molecule has 1 saturated heterocycles. The zero-order valence-electron chi connectivity index (χ0n) is 8.08. The predicted octanol–water partition coefficient (Wildman–Crippen LogP) is 1.41. The number of aliphatic hydroxyl groups is 1. The first-order chi connectivity index (χ1) is 5.57. The lowest BCUT2D eigenvalue weighted by atomic mass is 9.91. The van der Waals surface area contributed by atoms with Crippen LogP contribution in [-0.2, 0) is 0 Å². The maximum Gasteiger partial charge on any atom is 0.0849 e. The van der Waals surface area contributed by atoms with Crippen LogP contribution in [0.2, 0.25) is 0 Å². The van der Waals surface area contributed by atoms with Crippen LogP contribution in [-0.4, -0.2) is 34.7 Å². The van der Waals surface area contributed by atoms with Crippen LogP contribution in [0, 0.1) is 0 Å². The number of hydrogen-bond acceptors (Lipinski definition) is 2. The van der Waals surface area contributed by atoms with Crippen molar-refractivity contribution in [3.63, 3.8) is 0 Å². The average Bonchev–Trinajstić information content (AvgIpc) is 2.05. The van der Waals surface area contributed by atoms with Gasteiger partial charge in [-0.1, -0.05) is 6.08 Å². The first-order valence-electron chi connectivity index (χ1n) is 4.67. The Balaban J connectivity index is 2.44. The molecule has 1 N–H and O–H groups in total. The normalized spacial score (nSPS) is 24.3. The van der Waals surface area contributed by atoms with Crippen molar-refractivity contribution in [3.8, 4) is 0 Å². The summed E-state index contributed by atoms with van der Waals surface area (Å²) in [5.74, 6) is 0. The van der Waals surface area contributed by atoms with Gasteiger partial charge in [-0.15, -0.1) is 6.58 Å². The highest BCUT2D eigenvalue weighted by Crippen LogP contribution is 2.23. The molecule has 0 spiro atoms. The van der Waals surface area contributed by atoms with Gasteiger partial charge < -0.3 is 10.0 Å². The summed E-state index contributed by atoms with van der Waals surface area (Å²) in [6.07, 6.45) is 3.34. The maximum atomic E-state index is 9.83. The fourth-order valence-electron chi connectivity index (χ4n) is 1.63. The molecule has 1 fully saturated rings. The Morgan fingerprint density at radius 3 is 2.25 bits per heavy atom. The molecular weight excluding hydrogens is 150 g/mol. The Hall–Kier alpha value is -0.340. The molecule has 70 valence electrons. The third-order valence-electron chi connectivity index (χ3n) is 2.77. The molecule has 2 heteroatoms. The highest BCUT2D eigenvalue weighted by Gasteiger charge is 2.29. The van der Waals surface area contributed by atoms with Gasteiger partial charge in [-0.05, 0) is 26.7 Å². The number of likely N-dealkylation sites (tertiary alicyclic amines) is 1. The fraction of sp³-hybridized carbons (Fsp3) is 0.800. The van der Waals surface area contributed by atoms with Gasteiger partial charge in [-0.2, -0.15) is 0 Å². The Morgan fingerprint density at radius 2 is 1.92 bits per heavy atom. The zero-order chi connectivity index (χ0) is 9.19. The molecule has 0 amide bonds. The van der Waals surface area contributed by atoms with E-state index in [1.54, 1.807) is 6.08 Å². The summed E-state index contributed by atoms with van der Waals surface area (Å²) in [7, 11) is 0. The summed E-state index contributed by atoms with van der Waals surface area (Å²) < 4.78 is 0. The first kappa shape index (κ1) is 9.75. The predicted molar refractivity (Wildman–Crippen MR) is 51.1 cm³/mol. The van der Waals surface area contributed by atoms with E-state index in [-0.39, 0.29) is 0 Å². The molecule has 0 radical (unpaired) electrons. The Bertz CT molecular complexity index is 157. The molecule has 1 aliphatic rings. The van der Waals surface area contributed by atoms with Crippen LogP contribution in [0.4, 0.5) is 0 Å². The molecule has 0 atom stereocenters. The molecule has 0 aromatic carbocycles. The first-order valence-corrected chi connectivity index (χ1v) is 4.67. The van der Waals surface area contributed by atoms with Gasteiger partial charge >= 0.3 is 0 Å². The summed E-state index contributed by atoms with van der Waals surface area (Å²) in [6.45, 7) is 10.0. The molecule has 12 heavy (non-hydrogen) atoms. The molecule has 0 aliphatic carbocycles. The highest BCUT2D eigenvalue weighted by atomic mass is 16.3. The number of nitrogens with zero attached hydrogens (tertiary/aromatic N) is 1. The van der Waals surface area contributed by atoms with Crippen LogP contribution in [0.1, 0.15) is 26.7 Å². The minimum Gasteiger partial charge on any atom is -0.386 e. The SMILES string of the molecule is C=CC1(O)CCN(C(C)C)CC1. The second-order valence-electron chi connectivity index (χ2n) is 3.94. The van der Waals surface area contributed by atoms with Gasteiger partial charge in [0, 0.05) is 19.1 Å². The Kier molecular flexibility index (Phi) is 2.91. The van der Waals surface area contributed by atoms with Gasteiger partial charge in [0.05, 0.1) is 5.60 Å². The van der Waals surface area contributed by atoms with Crippen LogP contribution in [0.5, 0.6) is 0 Å². The summed E-state index contributed by atoms with van der Waals surface area (Å²) in [4.78, 5) is 2.39. The fourth-order valence-corrected chi connectivity index (χ4v) is 1.63. The van der Waals surface area contributed by atoms with E-state index in [1.165, 1.54) is 0 Å². The molecule has 2 nitrogen and oxygen atoms in total. The summed E-state index contributed by atoms with van der Waals surface area (Å²) in [5.41, 5.74) is -0.592. The van der Waals surface area contributed by atoms with Crippen LogP contribution in [0.25, 0.3) is 0 Å². The van der Waals surface area contributed by atoms with E-state index in [0.717, 1.165) is 25.9 Å².